The van der Waals surface area contributed by atoms with Crippen LogP contribution in [0.25, 0.3) is 0 Å². The number of hydrogen-bond acceptors (Lipinski definition) is 2. The van der Waals surface area contributed by atoms with E-state index in [-0.39, 0.29) is 12.1 Å². The molecule has 274 valence electrons. The van der Waals surface area contributed by atoms with Crippen molar-refractivity contribution in [1.82, 2.24) is 15.1 Å². The maximum Gasteiger partial charge on any atom is 0.322 e. The highest BCUT2D eigenvalue weighted by molar-refractivity contribution is 5.79. The van der Waals surface area contributed by atoms with Crippen molar-refractivity contribution in [1.29, 1.82) is 0 Å². The van der Waals surface area contributed by atoms with Gasteiger partial charge in [0.05, 0.1) is 6.04 Å². The molecule has 5 heteroatoms. The number of urea groups is 1. The third-order valence-corrected chi connectivity index (χ3v) is 6.42. The van der Waals surface area contributed by atoms with Gasteiger partial charge in [0.25, 0.3) is 0 Å². The second-order valence-electron chi connectivity index (χ2n) is 11.8. The predicted molar refractivity (Wildman–Crippen MR) is 219 cm³/mol. The van der Waals surface area contributed by atoms with Gasteiger partial charge in [-0.05, 0) is 69.2 Å². The van der Waals surface area contributed by atoms with Gasteiger partial charge in [-0.25, -0.2) is 4.79 Å². The van der Waals surface area contributed by atoms with Gasteiger partial charge in [-0.15, -0.1) is 0 Å². The van der Waals surface area contributed by atoms with Crippen LogP contribution in [0.15, 0.2) is 120 Å². The molecular weight excluding hydrogens is 603 g/mol. The quantitative estimate of drug-likeness (QED) is 0.209. The minimum atomic E-state index is -0.0791. The number of benzene rings is 1. The van der Waals surface area contributed by atoms with Gasteiger partial charge in [0.1, 0.15) is 0 Å². The number of aryl methyl sites for hydroxylation is 1. The molecule has 0 radical (unpaired) electrons. The summed E-state index contributed by atoms with van der Waals surface area (Å²) in [5.41, 5.74) is 8.12. The van der Waals surface area contributed by atoms with Gasteiger partial charge in [-0.1, -0.05) is 165 Å². The molecule has 1 aromatic carbocycles. The van der Waals surface area contributed by atoms with E-state index >= 15 is 0 Å². The summed E-state index contributed by atoms with van der Waals surface area (Å²) >= 11 is 0. The first-order valence-electron chi connectivity index (χ1n) is 18.0. The summed E-state index contributed by atoms with van der Waals surface area (Å²) in [7, 11) is 3.58. The van der Waals surface area contributed by atoms with Gasteiger partial charge in [0.2, 0.25) is 6.41 Å². The zero-order valence-electron chi connectivity index (χ0n) is 33.5. The summed E-state index contributed by atoms with van der Waals surface area (Å²) in [5.74, 6) is 0. The maximum atomic E-state index is 11.9. The highest BCUT2D eigenvalue weighted by atomic mass is 16.2. The number of nitrogens with one attached hydrogen (secondary N) is 1. The normalized spacial score (nSPS) is 14.3. The van der Waals surface area contributed by atoms with Crippen molar-refractivity contribution in [2.45, 2.75) is 114 Å². The number of carbonyl (C=O) groups is 2. The van der Waals surface area contributed by atoms with E-state index in [1.165, 1.54) is 35.1 Å². The van der Waals surface area contributed by atoms with Crippen LogP contribution in [0.5, 0.6) is 0 Å². The van der Waals surface area contributed by atoms with Crippen LogP contribution in [0.4, 0.5) is 4.79 Å². The average Bonchev–Trinajstić information content (AvgIpc) is 3.35. The topological polar surface area (TPSA) is 52.7 Å². The standard InChI is InChI=1S/C16H20.C15H18N2O.C5H11NO.2C3H8.C2H6/c1-4-15(12-11-14(2)3)13-16-9-7-5-6-8-10-16;1-5-13-11(3)16-15(18)17(4)14(13)12-8-6-7-10(2)9-12;1-3-4-6(2)5-7;2*1-3-2;1-2/h4-5,7-12H,1,6,13H2,2-3H3;5-9,14H,1H2,2-4H3,(H,16,18);5H,3-4H2,1-2H3;2*3H2,1-2H3;1-2H3/b15-12+;;;;;. The molecule has 2 aliphatic rings. The number of hydrogen-bond donors (Lipinski definition) is 1. The first kappa shape index (κ1) is 49.3. The summed E-state index contributed by atoms with van der Waals surface area (Å²) in [6.07, 6.45) is 25.2. The van der Waals surface area contributed by atoms with Gasteiger partial charge >= 0.3 is 6.03 Å². The Morgan fingerprint density at radius 3 is 2.10 bits per heavy atom. The second kappa shape index (κ2) is 32.4. The lowest BCUT2D eigenvalue weighted by molar-refractivity contribution is -0.117. The van der Waals surface area contributed by atoms with E-state index in [9.17, 15) is 9.59 Å². The zero-order chi connectivity index (χ0) is 38.2. The van der Waals surface area contributed by atoms with E-state index in [1.807, 2.05) is 52.0 Å². The average molecular weight is 674 g/mol. The Labute approximate surface area is 302 Å². The van der Waals surface area contributed by atoms with Crippen LogP contribution in [0.2, 0.25) is 0 Å². The van der Waals surface area contributed by atoms with Crippen LogP contribution < -0.4 is 5.32 Å². The summed E-state index contributed by atoms with van der Waals surface area (Å²) in [6, 6.07) is 8.08. The molecule has 49 heavy (non-hydrogen) atoms. The van der Waals surface area contributed by atoms with Crippen molar-refractivity contribution < 1.29 is 9.59 Å². The summed E-state index contributed by atoms with van der Waals surface area (Å²) in [6.45, 7) is 31.3. The first-order chi connectivity index (χ1) is 23.4. The van der Waals surface area contributed by atoms with E-state index in [0.717, 1.165) is 49.1 Å². The first-order valence-corrected chi connectivity index (χ1v) is 18.0. The fourth-order valence-electron chi connectivity index (χ4n) is 4.22. The molecule has 1 aliphatic carbocycles. The number of likely N-dealkylation sites (N-methyl/N-ethyl adjacent to an activating group) is 1. The van der Waals surface area contributed by atoms with Gasteiger partial charge < -0.3 is 15.1 Å². The molecule has 1 N–H and O–H groups in total. The highest BCUT2D eigenvalue weighted by Gasteiger charge is 2.30. The van der Waals surface area contributed by atoms with Crippen molar-refractivity contribution in [3.8, 4) is 0 Å². The fourth-order valence-corrected chi connectivity index (χ4v) is 4.22. The van der Waals surface area contributed by atoms with Gasteiger partial charge in [-0.2, -0.15) is 0 Å². The van der Waals surface area contributed by atoms with E-state index in [2.05, 4.69) is 122 Å². The lowest BCUT2D eigenvalue weighted by Gasteiger charge is -2.35. The van der Waals surface area contributed by atoms with Crippen LogP contribution in [-0.4, -0.2) is 42.9 Å². The van der Waals surface area contributed by atoms with Crippen LogP contribution in [0.3, 0.4) is 0 Å². The third kappa shape index (κ3) is 23.8. The molecule has 1 aliphatic heterocycles. The maximum absolute atomic E-state index is 11.9. The third-order valence-electron chi connectivity index (χ3n) is 6.42. The molecule has 5 nitrogen and oxygen atoms in total. The highest BCUT2D eigenvalue weighted by Crippen LogP contribution is 2.33. The Kier molecular flexibility index (Phi) is 32.6. The van der Waals surface area contributed by atoms with Crippen LogP contribution >= 0.6 is 0 Å². The fraction of sp³-hybridized carbons (Fsp3) is 0.455. The minimum absolute atomic E-state index is 0.0591. The van der Waals surface area contributed by atoms with Crippen molar-refractivity contribution in [2.24, 2.45) is 0 Å². The minimum Gasteiger partial charge on any atom is -0.348 e. The van der Waals surface area contributed by atoms with Crippen molar-refractivity contribution in [2.75, 3.05) is 20.6 Å². The van der Waals surface area contributed by atoms with Crippen LogP contribution in [0, 0.1) is 6.92 Å². The Morgan fingerprint density at radius 2 is 1.63 bits per heavy atom. The zero-order valence-corrected chi connectivity index (χ0v) is 33.5. The van der Waals surface area contributed by atoms with Gasteiger partial charge in [0.15, 0.2) is 0 Å². The molecule has 0 fully saturated rings. The lowest BCUT2D eigenvalue weighted by atomic mass is 9.93. The number of amides is 3. The summed E-state index contributed by atoms with van der Waals surface area (Å²) < 4.78 is 0. The Bertz CT molecular complexity index is 1250. The van der Waals surface area contributed by atoms with Crippen LogP contribution in [0.1, 0.15) is 119 Å². The Morgan fingerprint density at radius 1 is 1.02 bits per heavy atom. The van der Waals surface area contributed by atoms with E-state index in [0.29, 0.717) is 0 Å². The smallest absolute Gasteiger partial charge is 0.322 e. The van der Waals surface area contributed by atoms with E-state index < -0.39 is 0 Å². The predicted octanol–water partition coefficient (Wildman–Crippen LogP) is 12.4. The van der Waals surface area contributed by atoms with Gasteiger partial charge in [-0.3, -0.25) is 4.79 Å². The van der Waals surface area contributed by atoms with Crippen molar-refractivity contribution >= 4 is 12.4 Å². The number of allylic oxidation sites excluding steroid dienone is 12. The monoisotopic (exact) mass is 674 g/mol. The molecule has 1 heterocycles. The molecule has 3 rings (SSSR count). The molecule has 0 bridgehead atoms. The molecule has 0 spiro atoms. The Hall–Kier alpha value is -4.12. The summed E-state index contributed by atoms with van der Waals surface area (Å²) in [4.78, 5) is 25.0. The van der Waals surface area contributed by atoms with Crippen molar-refractivity contribution in [3.05, 3.63) is 131 Å². The molecule has 0 saturated carbocycles. The number of nitrogens with zero attached hydrogens (tertiary/aromatic N) is 2. The number of carbonyl (C=O) groups excluding carboxylic acids is 2. The number of rotatable bonds is 9. The van der Waals surface area contributed by atoms with E-state index in [4.69, 9.17) is 0 Å². The van der Waals surface area contributed by atoms with Crippen LogP contribution in [-0.2, 0) is 4.79 Å². The molecular formula is C44H71N3O2. The largest absolute Gasteiger partial charge is 0.348 e. The van der Waals surface area contributed by atoms with Crippen molar-refractivity contribution in [3.63, 3.8) is 0 Å². The molecule has 0 saturated heterocycles. The molecule has 1 unspecified atom stereocenters. The SMILES string of the molecule is C=C/C(=C\C=C(C)C)CC1=CC=CCC=C1.C=CC1=C(C)NC(=O)N(C)C1c1cccc(C)c1.CC.CCC.CCC.CCCN(C)C=O. The van der Waals surface area contributed by atoms with Gasteiger partial charge in [0, 0.05) is 26.3 Å². The molecule has 0 aromatic heterocycles. The Balaban J connectivity index is -0.000000620. The lowest BCUT2D eigenvalue weighted by Crippen LogP contribution is -2.44. The molecule has 1 atom stereocenters. The van der Waals surface area contributed by atoms with E-state index in [1.54, 1.807) is 23.9 Å². The summed E-state index contributed by atoms with van der Waals surface area (Å²) in [5, 5.41) is 2.84. The molecule has 1 aromatic rings. The second-order valence-corrected chi connectivity index (χ2v) is 11.8. The molecule has 3 amide bonds.